The van der Waals surface area contributed by atoms with E-state index in [9.17, 15) is 24.0 Å². The van der Waals surface area contributed by atoms with Crippen LogP contribution >= 0.6 is 145 Å². The molecule has 9 atom stereocenters. The van der Waals surface area contributed by atoms with Gasteiger partial charge in [0.15, 0.2) is 5.78 Å². The van der Waals surface area contributed by atoms with Gasteiger partial charge < -0.3 is 41.4 Å². The molecular formula is C52H96N6O7S11. The molecular weight excluding hydrogens is 1170 g/mol. The van der Waals surface area contributed by atoms with E-state index in [4.69, 9.17) is 20.9 Å². The molecule has 0 bridgehead atoms. The molecule has 24 heteroatoms. The summed E-state index contributed by atoms with van der Waals surface area (Å²) in [5.74, 6) is 0.624. The Morgan fingerprint density at radius 2 is 1.09 bits per heavy atom. The summed E-state index contributed by atoms with van der Waals surface area (Å²) in [4.78, 5) is 71.8. The average Bonchev–Trinajstić information content (AvgIpc) is 3.62. The number of amides is 4. The Balaban J connectivity index is -0.00000288. The fraction of sp³-hybridized carbons (Fsp3) is 0.673. The van der Waals surface area contributed by atoms with E-state index in [0.717, 1.165) is 74.7 Å². The molecule has 76 heavy (non-hydrogen) atoms. The number of rotatable bonds is 24. The van der Waals surface area contributed by atoms with E-state index in [0.29, 0.717) is 57.9 Å². The molecule has 0 saturated carbocycles. The Kier molecular flexibility index (Phi) is 43.2. The van der Waals surface area contributed by atoms with E-state index in [1.54, 1.807) is 35.3 Å². The minimum atomic E-state index is -0.736. The number of ether oxygens (including phenoxy) is 2. The van der Waals surface area contributed by atoms with Crippen LogP contribution in [0.3, 0.4) is 0 Å². The van der Waals surface area contributed by atoms with Gasteiger partial charge in [0.1, 0.15) is 12.1 Å². The predicted octanol–water partition coefficient (Wildman–Crippen LogP) is 8.10. The molecule has 4 fully saturated rings. The first kappa shape index (κ1) is 82.1. The maximum atomic E-state index is 14.3. The van der Waals surface area contributed by atoms with Crippen LogP contribution in [0.25, 0.3) is 0 Å². The first-order chi connectivity index (χ1) is 32.1. The highest BCUT2D eigenvalue weighted by Gasteiger charge is 2.55. The second-order valence-electron chi connectivity index (χ2n) is 20.6. The minimum Gasteiger partial charge on any atom is -0.381 e. The van der Waals surface area contributed by atoms with Crippen molar-refractivity contribution in [3.8, 4) is 0 Å². The Morgan fingerprint density at radius 1 is 0.645 bits per heavy atom. The van der Waals surface area contributed by atoms with Gasteiger partial charge in [-0.25, -0.2) is 0 Å². The molecule has 6 rings (SSSR count). The molecule has 2 aromatic carbocycles. The van der Waals surface area contributed by atoms with Gasteiger partial charge in [-0.15, -0.1) is 23.5 Å². The highest BCUT2D eigenvalue weighted by Crippen LogP contribution is 2.48. The van der Waals surface area contributed by atoms with Crippen molar-refractivity contribution in [1.29, 1.82) is 0 Å². The van der Waals surface area contributed by atoms with Gasteiger partial charge in [-0.3, -0.25) is 24.0 Å². The summed E-state index contributed by atoms with van der Waals surface area (Å²) < 4.78 is 12.4. The average molecular weight is 1270 g/mol. The number of nitrogens with zero attached hydrogens (tertiary/aromatic N) is 2. The second kappa shape index (κ2) is 40.0. The second-order valence-corrected chi connectivity index (χ2v) is 23.2. The van der Waals surface area contributed by atoms with Gasteiger partial charge in [0.05, 0.1) is 48.1 Å². The van der Waals surface area contributed by atoms with Crippen molar-refractivity contribution >= 4 is 174 Å². The molecule has 4 heterocycles. The highest BCUT2D eigenvalue weighted by atomic mass is 32.2. The first-order valence-electron chi connectivity index (χ1n) is 24.9. The van der Waals surface area contributed by atoms with Gasteiger partial charge in [0, 0.05) is 25.6 Å². The molecule has 0 unspecified atom stereocenters. The first-order valence-corrected chi connectivity index (χ1v) is 27.0. The normalized spacial score (nSPS) is 22.8. The number of ketones is 1. The molecule has 13 nitrogen and oxygen atoms in total. The summed E-state index contributed by atoms with van der Waals surface area (Å²) >= 11 is 3.42. The Morgan fingerprint density at radius 3 is 1.61 bits per heavy atom. The number of hydrogen-bond acceptors (Lipinski definition) is 11. The Bertz CT molecular complexity index is 1970. The zero-order valence-corrected chi connectivity index (χ0v) is 55.8. The maximum absolute atomic E-state index is 14.3. The van der Waals surface area contributed by atoms with Gasteiger partial charge in [-0.05, 0) is 78.9 Å². The van der Waals surface area contributed by atoms with Crippen molar-refractivity contribution in [1.82, 2.24) is 20.4 Å². The fourth-order valence-electron chi connectivity index (χ4n) is 10.4. The van der Waals surface area contributed by atoms with Gasteiger partial charge >= 0.3 is 0 Å². The summed E-state index contributed by atoms with van der Waals surface area (Å²) in [6.07, 6.45) is 11.6. The number of fused-ring (bicyclic) bond motifs is 2. The van der Waals surface area contributed by atoms with Crippen LogP contribution in [0.4, 0.5) is 0 Å². The van der Waals surface area contributed by atoms with Gasteiger partial charge in [-0.2, -0.15) is 121 Å². The number of nitrogens with one attached hydrogen (secondary N) is 2. The van der Waals surface area contributed by atoms with Crippen molar-refractivity contribution in [2.75, 3.05) is 37.9 Å². The third-order valence-corrected chi connectivity index (χ3v) is 16.6. The van der Waals surface area contributed by atoms with Gasteiger partial charge in [0.2, 0.25) is 23.6 Å². The number of carbonyl (C=O) groups excluding carboxylic acids is 5. The monoisotopic (exact) mass is 1270 g/mol. The summed E-state index contributed by atoms with van der Waals surface area (Å²) in [6, 6.07) is 16.4. The molecule has 0 spiro atoms. The van der Waals surface area contributed by atoms with E-state index in [1.165, 1.54) is 0 Å². The van der Waals surface area contributed by atoms with Crippen LogP contribution in [-0.2, 0) is 33.4 Å². The van der Waals surface area contributed by atoms with Crippen LogP contribution < -0.4 is 22.1 Å². The standard InChI is InChI=1S/C52H78N6O7S2.9H2S/c1-35(53)47(60)55-40-25-29-67-44-32-52(4,5)46(58(44)50(40)63)48(61)56-41(37-22-16-13-17-23-37)34-65-27-19-11-9-7-6-8-10-18-26-64-33-38(36-20-14-12-15-21-36)30-42(59)45-51(2,3)31-43-57(45)49(62)39(54)24-28-66-43;;;;;;;;;/h12-17,20-23,35,38-41,43-46H,6-11,18-19,24-34,53-54H2,1-5H3,(H,55,60)(H,56,61);9*1H2/t35-,38+,39-,40-,41+,43-,44-,45+,46+;;;;;;;;;/m0........./s1. The fourth-order valence-corrected chi connectivity index (χ4v) is 13.6. The van der Waals surface area contributed by atoms with E-state index < -0.39 is 35.6 Å². The van der Waals surface area contributed by atoms with E-state index in [1.807, 2.05) is 67.3 Å². The third kappa shape index (κ3) is 22.8. The third-order valence-electron chi connectivity index (χ3n) is 14.1. The maximum Gasteiger partial charge on any atom is 0.246 e. The lowest BCUT2D eigenvalue weighted by molar-refractivity contribution is -0.144. The Labute approximate surface area is 526 Å². The lowest BCUT2D eigenvalue weighted by Gasteiger charge is -2.35. The Hall–Kier alpha value is -0.320. The molecule has 2 aromatic rings. The van der Waals surface area contributed by atoms with E-state index in [2.05, 4.69) is 36.6 Å². The number of carbonyl (C=O) groups is 5. The van der Waals surface area contributed by atoms with Crippen LogP contribution in [0.1, 0.15) is 141 Å². The molecule has 6 N–H and O–H groups in total. The number of Topliss-reactive ketones (excluding diaryl/α,β-unsaturated/α-hetero) is 1. The molecule has 442 valence electrons. The lowest BCUT2D eigenvalue weighted by Crippen LogP contribution is -2.58. The summed E-state index contributed by atoms with van der Waals surface area (Å²) in [5, 5.41) is 5.93. The molecule has 4 aliphatic rings. The number of unbranched alkanes of at least 4 members (excludes halogenated alkanes) is 7. The smallest absolute Gasteiger partial charge is 0.246 e. The molecule has 0 radical (unpaired) electrons. The topological polar surface area (TPSA) is 186 Å². The summed E-state index contributed by atoms with van der Waals surface area (Å²) in [7, 11) is 0. The van der Waals surface area contributed by atoms with Crippen LogP contribution in [0.5, 0.6) is 0 Å². The van der Waals surface area contributed by atoms with Crippen molar-refractivity contribution in [3.63, 3.8) is 0 Å². The molecule has 0 aromatic heterocycles. The number of nitrogens with two attached hydrogens (primary N) is 2. The van der Waals surface area contributed by atoms with Crippen molar-refractivity contribution < 1.29 is 33.4 Å². The quantitative estimate of drug-likeness (QED) is 0.0745. The van der Waals surface area contributed by atoms with Crippen molar-refractivity contribution in [2.45, 2.75) is 171 Å². The largest absolute Gasteiger partial charge is 0.381 e. The summed E-state index contributed by atoms with van der Waals surface area (Å²) in [6.45, 7) is 11.9. The van der Waals surface area contributed by atoms with Crippen molar-refractivity contribution in [2.24, 2.45) is 22.3 Å². The predicted molar refractivity (Wildman–Crippen MR) is 361 cm³/mol. The zero-order chi connectivity index (χ0) is 48.1. The molecule has 4 aliphatic heterocycles. The molecule has 4 saturated heterocycles. The van der Waals surface area contributed by atoms with E-state index in [-0.39, 0.29) is 179 Å². The van der Waals surface area contributed by atoms with E-state index >= 15 is 0 Å². The van der Waals surface area contributed by atoms with Crippen LogP contribution in [0.15, 0.2) is 60.7 Å². The van der Waals surface area contributed by atoms with Crippen LogP contribution in [-0.4, -0.2) is 118 Å². The van der Waals surface area contributed by atoms with Gasteiger partial charge in [0.25, 0.3) is 0 Å². The highest BCUT2D eigenvalue weighted by molar-refractivity contribution is 8.00. The zero-order valence-electron chi connectivity index (χ0n) is 45.1. The SMILES string of the molecule is C[C@H](N)C(=O)N[C@H]1CCS[C@H]2CC(C)(C)[C@@H](C(=O)N[C@H](COCCCCCCCCCCOC[C@@H](CC(=O)[C@H]3N4C(=O)[C@@H](N)CCS[C@H]4CC3(C)C)c3ccccc3)c3ccccc3)N2C1=O.S.S.S.S.S.S.S.S.S. The summed E-state index contributed by atoms with van der Waals surface area (Å²) in [5.41, 5.74) is 13.3. The lowest BCUT2D eigenvalue weighted by atomic mass is 9.79. The number of thioether (sulfide) groups is 2. The number of hydrogen-bond donors (Lipinski definition) is 4. The van der Waals surface area contributed by atoms with Crippen LogP contribution in [0, 0.1) is 10.8 Å². The number of benzene rings is 2. The van der Waals surface area contributed by atoms with Crippen LogP contribution in [0.2, 0.25) is 0 Å². The molecule has 4 amide bonds. The van der Waals surface area contributed by atoms with Crippen molar-refractivity contribution in [3.05, 3.63) is 71.8 Å². The minimum absolute atomic E-state index is 0. The molecule has 0 aliphatic carbocycles. The van der Waals surface area contributed by atoms with Gasteiger partial charge in [-0.1, -0.05) is 127 Å².